The lowest BCUT2D eigenvalue weighted by Crippen LogP contribution is -2.35. The normalized spacial score (nSPS) is 11.9. The lowest BCUT2D eigenvalue weighted by molar-refractivity contribution is -0.160. The summed E-state index contributed by atoms with van der Waals surface area (Å²) in [6.07, 6.45) is 9.93. The molecule has 1 rings (SSSR count). The predicted octanol–water partition coefficient (Wildman–Crippen LogP) is 4.16. The van der Waals surface area contributed by atoms with E-state index in [1.54, 1.807) is 0 Å². The number of benzene rings is 1. The molecule has 0 bridgehead atoms. The average molecular weight is 333 g/mol. The van der Waals surface area contributed by atoms with Crippen LogP contribution in [0.15, 0.2) is 30.3 Å². The Morgan fingerprint density at radius 2 is 1.54 bits per heavy atom. The van der Waals surface area contributed by atoms with E-state index in [-0.39, 0.29) is 0 Å². The van der Waals surface area contributed by atoms with Gasteiger partial charge in [-0.05, 0) is 18.4 Å². The Morgan fingerprint density at radius 1 is 0.958 bits per heavy atom. The van der Waals surface area contributed by atoms with E-state index < -0.39 is 18.0 Å². The van der Waals surface area contributed by atoms with Crippen LogP contribution in [0.5, 0.6) is 0 Å². The smallest absolute Gasteiger partial charge is 0.330 e. The van der Waals surface area contributed by atoms with Gasteiger partial charge in [0.05, 0.1) is 0 Å². The third kappa shape index (κ3) is 9.46. The van der Waals surface area contributed by atoms with Crippen LogP contribution in [0.1, 0.15) is 70.3 Å². The van der Waals surface area contributed by atoms with Gasteiger partial charge in [-0.3, -0.25) is 4.79 Å². The summed E-state index contributed by atoms with van der Waals surface area (Å²) in [5, 5.41) is 0. The van der Waals surface area contributed by atoms with Crippen LogP contribution in [-0.2, 0) is 20.7 Å². The van der Waals surface area contributed by atoms with Crippen LogP contribution in [0.25, 0.3) is 0 Å². The summed E-state index contributed by atoms with van der Waals surface area (Å²) in [6, 6.07) is 8.68. The summed E-state index contributed by atoms with van der Waals surface area (Å²) in [5.41, 5.74) is 6.76. The molecule has 1 aromatic carbocycles. The second-order valence-corrected chi connectivity index (χ2v) is 6.31. The molecule has 0 spiro atoms. The number of hydrogen-bond acceptors (Lipinski definition) is 4. The highest BCUT2D eigenvalue weighted by Crippen LogP contribution is 2.10. The van der Waals surface area contributed by atoms with Crippen LogP contribution >= 0.6 is 0 Å². The van der Waals surface area contributed by atoms with Gasteiger partial charge < -0.3 is 10.5 Å². The minimum Gasteiger partial charge on any atom is -0.392 e. The molecule has 0 fully saturated rings. The van der Waals surface area contributed by atoms with Crippen molar-refractivity contribution in [2.24, 2.45) is 5.73 Å². The number of esters is 2. The zero-order valence-electron chi connectivity index (χ0n) is 14.8. The molecule has 4 heteroatoms. The summed E-state index contributed by atoms with van der Waals surface area (Å²) in [4.78, 5) is 23.5. The molecule has 24 heavy (non-hydrogen) atoms. The maximum atomic E-state index is 11.8. The van der Waals surface area contributed by atoms with Crippen molar-refractivity contribution in [3.63, 3.8) is 0 Å². The zero-order chi connectivity index (χ0) is 17.6. The van der Waals surface area contributed by atoms with Crippen molar-refractivity contribution < 1.29 is 14.3 Å². The van der Waals surface area contributed by atoms with Gasteiger partial charge in [-0.2, -0.15) is 0 Å². The maximum Gasteiger partial charge on any atom is 0.330 e. The molecular weight excluding hydrogens is 302 g/mol. The van der Waals surface area contributed by atoms with E-state index in [1.165, 1.54) is 32.1 Å². The maximum absolute atomic E-state index is 11.8. The number of carbonyl (C=O) groups excluding carboxylic acids is 2. The van der Waals surface area contributed by atoms with Gasteiger partial charge in [0.1, 0.15) is 6.04 Å². The van der Waals surface area contributed by atoms with Gasteiger partial charge in [-0.1, -0.05) is 82.2 Å². The average Bonchev–Trinajstić information content (AvgIpc) is 2.58. The summed E-state index contributed by atoms with van der Waals surface area (Å²) < 4.78 is 4.84. The highest BCUT2D eigenvalue weighted by atomic mass is 16.6. The molecule has 0 saturated heterocycles. The Morgan fingerprint density at radius 3 is 2.17 bits per heavy atom. The first-order valence-corrected chi connectivity index (χ1v) is 9.17. The fraction of sp³-hybridized carbons (Fsp3) is 0.600. The van der Waals surface area contributed by atoms with E-state index in [4.69, 9.17) is 10.5 Å². The molecule has 0 amide bonds. The molecule has 2 N–H and O–H groups in total. The van der Waals surface area contributed by atoms with Crippen molar-refractivity contribution in [2.75, 3.05) is 0 Å². The molecule has 0 heterocycles. The molecule has 0 aromatic heterocycles. The largest absolute Gasteiger partial charge is 0.392 e. The second kappa shape index (κ2) is 12.7. The molecule has 0 radical (unpaired) electrons. The van der Waals surface area contributed by atoms with Crippen LogP contribution in [0, 0.1) is 0 Å². The topological polar surface area (TPSA) is 69.4 Å². The Balaban J connectivity index is 2.10. The van der Waals surface area contributed by atoms with Gasteiger partial charge in [-0.25, -0.2) is 4.79 Å². The summed E-state index contributed by atoms with van der Waals surface area (Å²) in [6.45, 7) is 2.21. The second-order valence-electron chi connectivity index (χ2n) is 6.31. The molecule has 134 valence electrons. The van der Waals surface area contributed by atoms with E-state index in [2.05, 4.69) is 6.92 Å². The molecule has 0 aliphatic rings. The number of nitrogens with two attached hydrogens (primary N) is 1. The standard InChI is InChI=1S/C20H31NO3/c1-2-3-4-5-6-7-8-12-15-19(22)24-20(23)18(21)16-17-13-10-9-11-14-17/h9-11,13-14,18H,2-8,12,15-16,21H2,1H3/t18-/m0/s1. The van der Waals surface area contributed by atoms with Crippen LogP contribution in [-0.4, -0.2) is 18.0 Å². The summed E-state index contributed by atoms with van der Waals surface area (Å²) in [7, 11) is 0. The monoisotopic (exact) mass is 333 g/mol. The Labute approximate surface area is 145 Å². The third-order valence-electron chi connectivity index (χ3n) is 4.05. The quantitative estimate of drug-likeness (QED) is 0.354. The Hall–Kier alpha value is -1.68. The van der Waals surface area contributed by atoms with Crippen molar-refractivity contribution in [1.82, 2.24) is 0 Å². The first-order valence-electron chi connectivity index (χ1n) is 9.17. The molecule has 0 aliphatic heterocycles. The highest BCUT2D eigenvalue weighted by molar-refractivity contribution is 5.88. The minimum atomic E-state index is -0.796. The lowest BCUT2D eigenvalue weighted by Gasteiger charge is -2.10. The van der Waals surface area contributed by atoms with E-state index >= 15 is 0 Å². The van der Waals surface area contributed by atoms with Crippen LogP contribution in [0.4, 0.5) is 0 Å². The number of unbranched alkanes of at least 4 members (excludes halogenated alkanes) is 7. The molecule has 4 nitrogen and oxygen atoms in total. The molecule has 1 atom stereocenters. The molecular formula is C20H31NO3. The van der Waals surface area contributed by atoms with E-state index in [1.807, 2.05) is 30.3 Å². The van der Waals surface area contributed by atoms with Gasteiger partial charge in [0.25, 0.3) is 0 Å². The minimum absolute atomic E-state index is 0.290. The summed E-state index contributed by atoms with van der Waals surface area (Å²) >= 11 is 0. The fourth-order valence-electron chi connectivity index (χ4n) is 2.59. The van der Waals surface area contributed by atoms with Crippen LogP contribution in [0.2, 0.25) is 0 Å². The van der Waals surface area contributed by atoms with E-state index in [9.17, 15) is 9.59 Å². The molecule has 0 saturated carbocycles. The molecule has 0 aliphatic carbocycles. The molecule has 1 aromatic rings. The number of hydrogen-bond donors (Lipinski definition) is 1. The third-order valence-corrected chi connectivity index (χ3v) is 4.05. The van der Waals surface area contributed by atoms with Gasteiger partial charge in [0, 0.05) is 6.42 Å². The van der Waals surface area contributed by atoms with Gasteiger partial charge in [0.2, 0.25) is 0 Å². The van der Waals surface area contributed by atoms with Crippen LogP contribution < -0.4 is 5.73 Å². The van der Waals surface area contributed by atoms with Gasteiger partial charge in [-0.15, -0.1) is 0 Å². The number of rotatable bonds is 12. The van der Waals surface area contributed by atoms with Crippen molar-refractivity contribution in [2.45, 2.75) is 77.2 Å². The van der Waals surface area contributed by atoms with E-state index in [0.29, 0.717) is 12.8 Å². The zero-order valence-corrected chi connectivity index (χ0v) is 14.8. The Bertz CT molecular complexity index is 473. The number of carbonyl (C=O) groups is 2. The summed E-state index contributed by atoms with van der Waals surface area (Å²) in [5.74, 6) is -1.10. The first-order chi connectivity index (χ1) is 11.6. The van der Waals surface area contributed by atoms with Gasteiger partial charge >= 0.3 is 11.9 Å². The van der Waals surface area contributed by atoms with E-state index in [0.717, 1.165) is 24.8 Å². The lowest BCUT2D eigenvalue weighted by atomic mass is 10.1. The highest BCUT2D eigenvalue weighted by Gasteiger charge is 2.18. The first kappa shape index (κ1) is 20.4. The van der Waals surface area contributed by atoms with Gasteiger partial charge in [0.15, 0.2) is 0 Å². The number of ether oxygens (including phenoxy) is 1. The SMILES string of the molecule is CCCCCCCCCCC(=O)OC(=O)[C@@H](N)Cc1ccccc1. The Kier molecular flexibility index (Phi) is 10.8. The predicted molar refractivity (Wildman–Crippen MR) is 96.4 cm³/mol. The van der Waals surface area contributed by atoms with Crippen molar-refractivity contribution in [3.05, 3.63) is 35.9 Å². The van der Waals surface area contributed by atoms with Crippen molar-refractivity contribution >= 4 is 11.9 Å². The van der Waals surface area contributed by atoms with Crippen LogP contribution in [0.3, 0.4) is 0 Å². The fourth-order valence-corrected chi connectivity index (χ4v) is 2.59. The molecule has 0 unspecified atom stereocenters. The van der Waals surface area contributed by atoms with Crippen molar-refractivity contribution in [3.8, 4) is 0 Å². The van der Waals surface area contributed by atoms with Crippen molar-refractivity contribution in [1.29, 1.82) is 0 Å².